The van der Waals surface area contributed by atoms with Gasteiger partial charge in [-0.3, -0.25) is 19.2 Å². The SMILES string of the molecule is Cc1ncsc1-c1ccc(CNC(=O)[C@@H]2C[C@@H](O)CN2C(=O)[C@@H](NC(=O)CCOCCOCCOCCOC(=O)Cc2ccccc2)C(C)(C)C)cc1. The van der Waals surface area contributed by atoms with Crippen LogP contribution in [-0.2, 0) is 51.1 Å². The fourth-order valence-corrected chi connectivity index (χ4v) is 6.56. The minimum Gasteiger partial charge on any atom is -0.463 e. The number of β-amino-alcohol motifs (C(OH)–C–C–N with tert-alkyl or cyclic N) is 1. The minimum absolute atomic E-state index is 0.00136. The van der Waals surface area contributed by atoms with Crippen LogP contribution in [0.3, 0.4) is 0 Å². The molecule has 1 fully saturated rings. The third-order valence-corrected chi connectivity index (χ3v) is 9.59. The molecule has 0 spiro atoms. The Kier molecular flexibility index (Phi) is 16.4. The molecule has 2 heterocycles. The van der Waals surface area contributed by atoms with Crippen molar-refractivity contribution in [3.63, 3.8) is 0 Å². The summed E-state index contributed by atoms with van der Waals surface area (Å²) in [7, 11) is 0. The molecule has 0 unspecified atom stereocenters. The van der Waals surface area contributed by atoms with E-state index in [0.29, 0.717) is 19.8 Å². The molecule has 0 aliphatic carbocycles. The van der Waals surface area contributed by atoms with Gasteiger partial charge in [-0.25, -0.2) is 4.98 Å². The Morgan fingerprint density at radius 2 is 1.55 bits per heavy atom. The van der Waals surface area contributed by atoms with Crippen LogP contribution in [0.2, 0.25) is 0 Å². The van der Waals surface area contributed by atoms with Gasteiger partial charge in [0.05, 0.1) is 68.2 Å². The lowest BCUT2D eigenvalue weighted by atomic mass is 9.85. The number of aromatic nitrogens is 1. The molecule has 1 aliphatic heterocycles. The molecule has 13 nitrogen and oxygen atoms in total. The van der Waals surface area contributed by atoms with Gasteiger partial charge in [0.2, 0.25) is 17.7 Å². The van der Waals surface area contributed by atoms with E-state index in [2.05, 4.69) is 15.6 Å². The molecule has 288 valence electrons. The van der Waals surface area contributed by atoms with E-state index >= 15 is 0 Å². The molecule has 4 rings (SSSR count). The van der Waals surface area contributed by atoms with Crippen molar-refractivity contribution in [2.75, 3.05) is 52.8 Å². The normalized spacial score (nSPS) is 16.3. The highest BCUT2D eigenvalue weighted by molar-refractivity contribution is 7.13. The summed E-state index contributed by atoms with van der Waals surface area (Å²) < 4.78 is 21.6. The molecule has 3 aromatic rings. The number of aliphatic hydroxyl groups is 1. The van der Waals surface area contributed by atoms with Gasteiger partial charge >= 0.3 is 5.97 Å². The Morgan fingerprint density at radius 1 is 0.906 bits per heavy atom. The molecular weight excluding hydrogens is 701 g/mol. The molecule has 0 radical (unpaired) electrons. The highest BCUT2D eigenvalue weighted by Crippen LogP contribution is 2.28. The number of likely N-dealkylation sites (tertiary alicyclic amines) is 1. The number of esters is 1. The van der Waals surface area contributed by atoms with E-state index in [4.69, 9.17) is 18.9 Å². The molecule has 1 aromatic heterocycles. The average Bonchev–Trinajstić information content (AvgIpc) is 3.75. The number of rotatable bonds is 20. The number of thiazole rings is 1. The van der Waals surface area contributed by atoms with Gasteiger partial charge in [-0.15, -0.1) is 11.3 Å². The third-order valence-electron chi connectivity index (χ3n) is 8.61. The van der Waals surface area contributed by atoms with E-state index in [-0.39, 0.29) is 76.6 Å². The second kappa shape index (κ2) is 20.9. The molecule has 14 heteroatoms. The number of carbonyl (C=O) groups excluding carboxylic acids is 4. The lowest BCUT2D eigenvalue weighted by molar-refractivity contribution is -0.144. The van der Waals surface area contributed by atoms with Crippen LogP contribution in [0.25, 0.3) is 10.4 Å². The van der Waals surface area contributed by atoms with Crippen LogP contribution >= 0.6 is 11.3 Å². The number of nitrogens with one attached hydrogen (secondary N) is 2. The maximum absolute atomic E-state index is 13.8. The summed E-state index contributed by atoms with van der Waals surface area (Å²) in [4.78, 5) is 58.7. The Hall–Kier alpha value is -4.21. The highest BCUT2D eigenvalue weighted by atomic mass is 32.1. The first-order valence-corrected chi connectivity index (χ1v) is 18.8. The van der Waals surface area contributed by atoms with Crippen LogP contribution in [0.1, 0.15) is 50.4 Å². The van der Waals surface area contributed by atoms with E-state index < -0.39 is 29.5 Å². The number of hydrogen-bond acceptors (Lipinski definition) is 11. The van der Waals surface area contributed by atoms with Gasteiger partial charge in [0.25, 0.3) is 0 Å². The molecule has 3 amide bonds. The molecule has 0 bridgehead atoms. The number of carbonyl (C=O) groups is 4. The maximum atomic E-state index is 13.8. The van der Waals surface area contributed by atoms with Crippen LogP contribution in [-0.4, -0.2) is 110 Å². The topological polar surface area (TPSA) is 166 Å². The average molecular weight is 753 g/mol. The van der Waals surface area contributed by atoms with E-state index in [1.807, 2.05) is 87.8 Å². The fraction of sp³-hybridized carbons (Fsp3) is 0.513. The zero-order valence-electron chi connectivity index (χ0n) is 31.0. The molecule has 53 heavy (non-hydrogen) atoms. The van der Waals surface area contributed by atoms with Crippen molar-refractivity contribution in [1.29, 1.82) is 0 Å². The second-order valence-corrected chi connectivity index (χ2v) is 14.8. The first-order chi connectivity index (χ1) is 25.4. The van der Waals surface area contributed by atoms with E-state index in [1.165, 1.54) is 4.90 Å². The van der Waals surface area contributed by atoms with Gasteiger partial charge in [-0.05, 0) is 29.0 Å². The van der Waals surface area contributed by atoms with E-state index in [9.17, 15) is 24.3 Å². The monoisotopic (exact) mass is 752 g/mol. The van der Waals surface area contributed by atoms with Crippen molar-refractivity contribution in [1.82, 2.24) is 20.5 Å². The minimum atomic E-state index is -0.922. The zero-order valence-corrected chi connectivity index (χ0v) is 31.8. The van der Waals surface area contributed by atoms with E-state index in [0.717, 1.165) is 27.3 Å². The Labute approximate surface area is 315 Å². The zero-order chi connectivity index (χ0) is 38.2. The number of hydrogen-bond donors (Lipinski definition) is 3. The Bertz CT molecular complexity index is 1610. The van der Waals surface area contributed by atoms with Gasteiger partial charge in [-0.1, -0.05) is 75.4 Å². The van der Waals surface area contributed by atoms with Crippen molar-refractivity contribution < 1.29 is 43.2 Å². The summed E-state index contributed by atoms with van der Waals surface area (Å²) in [6.45, 7) is 9.55. The predicted molar refractivity (Wildman–Crippen MR) is 200 cm³/mol. The first kappa shape index (κ1) is 41.5. The van der Waals surface area contributed by atoms with E-state index in [1.54, 1.807) is 11.3 Å². The highest BCUT2D eigenvalue weighted by Gasteiger charge is 2.44. The molecule has 0 saturated carbocycles. The molecule has 2 aromatic carbocycles. The molecule has 3 atom stereocenters. The van der Waals surface area contributed by atoms with Gasteiger partial charge in [0.15, 0.2) is 0 Å². The summed E-state index contributed by atoms with van der Waals surface area (Å²) in [5.74, 6) is -1.46. The summed E-state index contributed by atoms with van der Waals surface area (Å²) in [6, 6.07) is 15.4. The maximum Gasteiger partial charge on any atom is 0.310 e. The van der Waals surface area contributed by atoms with Crippen LogP contribution in [0.15, 0.2) is 60.1 Å². The molecule has 1 saturated heterocycles. The van der Waals surface area contributed by atoms with Gasteiger partial charge in [0, 0.05) is 25.9 Å². The van der Waals surface area contributed by atoms with Crippen LogP contribution in [0.4, 0.5) is 0 Å². The van der Waals surface area contributed by atoms with Crippen molar-refractivity contribution >= 4 is 35.0 Å². The first-order valence-electron chi connectivity index (χ1n) is 17.9. The standard InChI is InChI=1S/C39H52N4O9S/c1-27-35(53-26-41-27)30-12-10-29(11-13-30)24-40-37(47)32-23-31(44)25-43(32)38(48)36(39(2,3)4)42-33(45)14-15-49-16-17-50-18-19-51-20-21-52-34(46)22-28-8-6-5-7-9-28/h5-13,26,31-32,36,44H,14-25H2,1-4H3,(H,40,47)(H,42,45)/t31-,32+,36-/m1/s1. The van der Waals surface area contributed by atoms with Gasteiger partial charge < -0.3 is 39.6 Å². The van der Waals surface area contributed by atoms with Gasteiger partial charge in [0.1, 0.15) is 18.7 Å². The summed E-state index contributed by atoms with van der Waals surface area (Å²) in [6.07, 6.45) is -0.499. The van der Waals surface area contributed by atoms with Crippen molar-refractivity contribution in [2.45, 2.75) is 71.7 Å². The molecule has 3 N–H and O–H groups in total. The molecule has 1 aliphatic rings. The Morgan fingerprint density at radius 3 is 2.17 bits per heavy atom. The lowest BCUT2D eigenvalue weighted by Crippen LogP contribution is -2.57. The number of aryl methyl sites for hydroxylation is 1. The fourth-order valence-electron chi connectivity index (χ4n) is 5.75. The lowest BCUT2D eigenvalue weighted by Gasteiger charge is -2.35. The number of nitrogens with zero attached hydrogens (tertiary/aromatic N) is 2. The summed E-state index contributed by atoms with van der Waals surface area (Å²) >= 11 is 1.57. The summed E-state index contributed by atoms with van der Waals surface area (Å²) in [5.41, 5.74) is 4.96. The predicted octanol–water partition coefficient (Wildman–Crippen LogP) is 3.45. The number of amides is 3. The van der Waals surface area contributed by atoms with Crippen LogP contribution < -0.4 is 10.6 Å². The van der Waals surface area contributed by atoms with Crippen LogP contribution in [0.5, 0.6) is 0 Å². The third kappa shape index (κ3) is 13.6. The number of aliphatic hydroxyl groups excluding tert-OH is 1. The van der Waals surface area contributed by atoms with Crippen molar-refractivity contribution in [3.8, 4) is 10.4 Å². The largest absolute Gasteiger partial charge is 0.463 e. The van der Waals surface area contributed by atoms with Crippen molar-refractivity contribution in [2.24, 2.45) is 5.41 Å². The molecular formula is C39H52N4O9S. The second-order valence-electron chi connectivity index (χ2n) is 13.9. The summed E-state index contributed by atoms with van der Waals surface area (Å²) in [5, 5.41) is 16.2. The number of benzene rings is 2. The van der Waals surface area contributed by atoms with Gasteiger partial charge in [-0.2, -0.15) is 0 Å². The Balaban J connectivity index is 1.11. The quantitative estimate of drug-likeness (QED) is 0.115. The number of ether oxygens (including phenoxy) is 4. The van der Waals surface area contributed by atoms with Crippen molar-refractivity contribution in [3.05, 3.63) is 76.9 Å². The van der Waals surface area contributed by atoms with Crippen LogP contribution in [0, 0.1) is 12.3 Å². The smallest absolute Gasteiger partial charge is 0.310 e.